The first-order valence-corrected chi connectivity index (χ1v) is 7.96. The summed E-state index contributed by atoms with van der Waals surface area (Å²) in [6, 6.07) is 14.9. The minimum Gasteiger partial charge on any atom is -0.367 e. The van der Waals surface area contributed by atoms with E-state index in [1.54, 1.807) is 12.1 Å². The SMILES string of the molecule is CC(C)Nc1nc(-c2ccccc2)c(Br)c2cc(F)ccc12. The number of anilines is 1. The fourth-order valence-corrected chi connectivity index (χ4v) is 3.07. The van der Waals surface area contributed by atoms with E-state index < -0.39 is 0 Å². The number of benzene rings is 2. The average Bonchev–Trinajstić information content (AvgIpc) is 2.50. The number of pyridine rings is 1. The Morgan fingerprint density at radius 1 is 1.05 bits per heavy atom. The molecule has 0 saturated carbocycles. The van der Waals surface area contributed by atoms with Crippen molar-refractivity contribution < 1.29 is 4.39 Å². The van der Waals surface area contributed by atoms with Gasteiger partial charge < -0.3 is 5.32 Å². The number of fused-ring (bicyclic) bond motifs is 1. The van der Waals surface area contributed by atoms with E-state index in [4.69, 9.17) is 4.98 Å². The summed E-state index contributed by atoms with van der Waals surface area (Å²) in [5.41, 5.74) is 1.80. The molecule has 0 aliphatic carbocycles. The zero-order valence-electron chi connectivity index (χ0n) is 12.4. The molecule has 4 heteroatoms. The molecule has 0 aliphatic rings. The van der Waals surface area contributed by atoms with Gasteiger partial charge in [-0.3, -0.25) is 0 Å². The Kier molecular flexibility index (Phi) is 4.12. The van der Waals surface area contributed by atoms with E-state index in [2.05, 4.69) is 35.1 Å². The van der Waals surface area contributed by atoms with Crippen LogP contribution >= 0.6 is 15.9 Å². The molecule has 0 bridgehead atoms. The summed E-state index contributed by atoms with van der Waals surface area (Å²) in [5.74, 6) is 0.515. The van der Waals surface area contributed by atoms with Gasteiger partial charge in [0.15, 0.2) is 0 Å². The Morgan fingerprint density at radius 2 is 1.77 bits per heavy atom. The van der Waals surface area contributed by atoms with E-state index in [9.17, 15) is 4.39 Å². The van der Waals surface area contributed by atoms with Crippen LogP contribution in [0, 0.1) is 5.82 Å². The largest absolute Gasteiger partial charge is 0.367 e. The van der Waals surface area contributed by atoms with Gasteiger partial charge in [0.05, 0.1) is 10.2 Å². The Morgan fingerprint density at radius 3 is 2.45 bits per heavy atom. The second kappa shape index (κ2) is 6.05. The van der Waals surface area contributed by atoms with E-state index in [-0.39, 0.29) is 11.9 Å². The molecule has 1 aromatic heterocycles. The van der Waals surface area contributed by atoms with Crippen LogP contribution in [-0.2, 0) is 0 Å². The Hall–Kier alpha value is -1.94. The lowest BCUT2D eigenvalue weighted by Crippen LogP contribution is -2.12. The summed E-state index contributed by atoms with van der Waals surface area (Å²) in [6.07, 6.45) is 0. The van der Waals surface area contributed by atoms with Gasteiger partial charge in [0.1, 0.15) is 11.6 Å². The third kappa shape index (κ3) is 2.83. The molecule has 1 N–H and O–H groups in total. The lowest BCUT2D eigenvalue weighted by Gasteiger charge is -2.16. The Balaban J connectivity index is 2.31. The number of halogens is 2. The maximum absolute atomic E-state index is 13.7. The monoisotopic (exact) mass is 358 g/mol. The number of rotatable bonds is 3. The minimum atomic E-state index is -0.256. The minimum absolute atomic E-state index is 0.241. The van der Waals surface area contributed by atoms with E-state index in [1.165, 1.54) is 6.07 Å². The second-order valence-corrected chi connectivity index (χ2v) is 6.27. The fourth-order valence-electron chi connectivity index (χ4n) is 2.42. The molecule has 0 atom stereocenters. The van der Waals surface area contributed by atoms with E-state index in [0.29, 0.717) is 0 Å². The van der Waals surface area contributed by atoms with Crippen LogP contribution in [0.5, 0.6) is 0 Å². The third-order valence-corrected chi connectivity index (χ3v) is 4.18. The first-order valence-electron chi connectivity index (χ1n) is 7.17. The van der Waals surface area contributed by atoms with Crippen molar-refractivity contribution in [2.24, 2.45) is 0 Å². The molecule has 2 aromatic carbocycles. The summed E-state index contributed by atoms with van der Waals surface area (Å²) in [5, 5.41) is 5.07. The van der Waals surface area contributed by atoms with Crippen LogP contribution in [0.15, 0.2) is 53.0 Å². The zero-order chi connectivity index (χ0) is 15.7. The lowest BCUT2D eigenvalue weighted by molar-refractivity contribution is 0.629. The molecule has 0 saturated heterocycles. The molecular weight excluding hydrogens is 343 g/mol. The first-order chi connectivity index (χ1) is 10.6. The Labute approximate surface area is 137 Å². The van der Waals surface area contributed by atoms with Gasteiger partial charge in [-0.15, -0.1) is 0 Å². The molecule has 112 valence electrons. The van der Waals surface area contributed by atoms with Crippen molar-refractivity contribution in [3.05, 3.63) is 58.8 Å². The molecule has 0 radical (unpaired) electrons. The normalized spacial score (nSPS) is 11.1. The molecule has 22 heavy (non-hydrogen) atoms. The molecule has 2 nitrogen and oxygen atoms in total. The van der Waals surface area contributed by atoms with Crippen molar-refractivity contribution in [3.63, 3.8) is 0 Å². The predicted molar refractivity (Wildman–Crippen MR) is 93.6 cm³/mol. The molecule has 1 heterocycles. The van der Waals surface area contributed by atoms with Crippen LogP contribution in [-0.4, -0.2) is 11.0 Å². The van der Waals surface area contributed by atoms with Gasteiger partial charge in [-0.1, -0.05) is 30.3 Å². The molecule has 3 rings (SSSR count). The highest BCUT2D eigenvalue weighted by Crippen LogP contribution is 2.36. The van der Waals surface area contributed by atoms with Crippen LogP contribution in [0.1, 0.15) is 13.8 Å². The maximum Gasteiger partial charge on any atom is 0.134 e. The highest BCUT2D eigenvalue weighted by atomic mass is 79.9. The van der Waals surface area contributed by atoms with Gasteiger partial charge in [-0.25, -0.2) is 9.37 Å². The highest BCUT2D eigenvalue weighted by Gasteiger charge is 2.14. The zero-order valence-corrected chi connectivity index (χ0v) is 14.0. The van der Waals surface area contributed by atoms with Crippen molar-refractivity contribution in [2.45, 2.75) is 19.9 Å². The van der Waals surface area contributed by atoms with Gasteiger partial charge >= 0.3 is 0 Å². The number of nitrogens with zero attached hydrogens (tertiary/aromatic N) is 1. The summed E-state index contributed by atoms with van der Waals surface area (Å²) >= 11 is 3.60. The first kappa shape index (κ1) is 15.0. The molecule has 0 spiro atoms. The molecular formula is C18H16BrFN2. The van der Waals surface area contributed by atoms with Crippen molar-refractivity contribution in [3.8, 4) is 11.3 Å². The van der Waals surface area contributed by atoms with Gasteiger partial charge in [-0.05, 0) is 48.0 Å². The Bertz CT molecular complexity index is 816. The second-order valence-electron chi connectivity index (χ2n) is 5.48. The van der Waals surface area contributed by atoms with Crippen molar-refractivity contribution in [1.82, 2.24) is 4.98 Å². The van der Waals surface area contributed by atoms with Crippen LogP contribution in [0.3, 0.4) is 0 Å². The average molecular weight is 359 g/mol. The van der Waals surface area contributed by atoms with Crippen molar-refractivity contribution in [1.29, 1.82) is 0 Å². The molecule has 0 amide bonds. The lowest BCUT2D eigenvalue weighted by atomic mass is 10.1. The molecule has 0 fully saturated rings. The smallest absolute Gasteiger partial charge is 0.134 e. The van der Waals surface area contributed by atoms with Crippen LogP contribution in [0.25, 0.3) is 22.0 Å². The van der Waals surface area contributed by atoms with Crippen LogP contribution in [0.2, 0.25) is 0 Å². The summed E-state index contributed by atoms with van der Waals surface area (Å²) in [7, 11) is 0. The number of aromatic nitrogens is 1. The summed E-state index contributed by atoms with van der Waals surface area (Å²) in [4.78, 5) is 4.76. The highest BCUT2D eigenvalue weighted by molar-refractivity contribution is 9.10. The number of hydrogen-bond acceptors (Lipinski definition) is 2. The van der Waals surface area contributed by atoms with Gasteiger partial charge in [-0.2, -0.15) is 0 Å². The topological polar surface area (TPSA) is 24.9 Å². The summed E-state index contributed by atoms with van der Waals surface area (Å²) in [6.45, 7) is 4.11. The van der Waals surface area contributed by atoms with Crippen molar-refractivity contribution >= 4 is 32.5 Å². The van der Waals surface area contributed by atoms with E-state index in [0.717, 1.165) is 32.3 Å². The van der Waals surface area contributed by atoms with E-state index in [1.807, 2.05) is 30.3 Å². The van der Waals surface area contributed by atoms with Gasteiger partial charge in [0.25, 0.3) is 0 Å². The standard InChI is InChI=1S/C18H16BrFN2/c1-11(2)21-18-14-9-8-13(20)10-15(14)16(19)17(22-18)12-6-4-3-5-7-12/h3-11H,1-2H3,(H,21,22). The van der Waals surface area contributed by atoms with Gasteiger partial charge in [0, 0.05) is 22.4 Å². The molecule has 3 aromatic rings. The maximum atomic E-state index is 13.7. The van der Waals surface area contributed by atoms with Crippen LogP contribution < -0.4 is 5.32 Å². The van der Waals surface area contributed by atoms with Gasteiger partial charge in [0.2, 0.25) is 0 Å². The summed E-state index contributed by atoms with van der Waals surface area (Å²) < 4.78 is 14.5. The molecule has 0 unspecified atom stereocenters. The number of hydrogen-bond donors (Lipinski definition) is 1. The fraction of sp³-hybridized carbons (Fsp3) is 0.167. The van der Waals surface area contributed by atoms with Crippen molar-refractivity contribution in [2.75, 3.05) is 5.32 Å². The third-order valence-electron chi connectivity index (χ3n) is 3.38. The predicted octanol–water partition coefficient (Wildman–Crippen LogP) is 5.62. The quantitative estimate of drug-likeness (QED) is 0.656. The molecule has 0 aliphatic heterocycles. The van der Waals surface area contributed by atoms with E-state index >= 15 is 0 Å². The van der Waals surface area contributed by atoms with Crippen LogP contribution in [0.4, 0.5) is 10.2 Å². The number of nitrogens with one attached hydrogen (secondary N) is 1.